The molecule has 3 nitrogen and oxygen atoms in total. The van der Waals surface area contributed by atoms with E-state index in [-0.39, 0.29) is 0 Å². The van der Waals surface area contributed by atoms with Crippen LogP contribution in [-0.2, 0) is 0 Å². The zero-order valence-electron chi connectivity index (χ0n) is 13.2. The fourth-order valence-corrected chi connectivity index (χ4v) is 3.95. The van der Waals surface area contributed by atoms with Crippen LogP contribution in [0.15, 0.2) is 0 Å². The molecule has 0 spiro atoms. The van der Waals surface area contributed by atoms with Crippen LogP contribution in [0.5, 0.6) is 0 Å². The van der Waals surface area contributed by atoms with Gasteiger partial charge in [0.25, 0.3) is 0 Å². The predicted octanol–water partition coefficient (Wildman–Crippen LogP) is 2.31. The number of rotatable bonds is 4. The summed E-state index contributed by atoms with van der Waals surface area (Å²) in [7, 11) is 2.26. The van der Waals surface area contributed by atoms with Crippen molar-refractivity contribution in [2.45, 2.75) is 64.5 Å². The number of hydrogen-bond donors (Lipinski definition) is 1. The van der Waals surface area contributed by atoms with Gasteiger partial charge in [0, 0.05) is 25.2 Å². The first-order valence-electron chi connectivity index (χ1n) is 8.21. The van der Waals surface area contributed by atoms with E-state index in [9.17, 15) is 0 Å². The van der Waals surface area contributed by atoms with E-state index >= 15 is 0 Å². The molecule has 1 aliphatic carbocycles. The average molecular weight is 267 g/mol. The highest BCUT2D eigenvalue weighted by molar-refractivity contribution is 4.87. The van der Waals surface area contributed by atoms with Gasteiger partial charge in [-0.3, -0.25) is 4.90 Å². The maximum atomic E-state index is 6.10. The van der Waals surface area contributed by atoms with Crippen molar-refractivity contribution in [1.29, 1.82) is 0 Å². The molecule has 0 aromatic carbocycles. The van der Waals surface area contributed by atoms with E-state index in [2.05, 4.69) is 30.7 Å². The largest absolute Gasteiger partial charge is 0.330 e. The van der Waals surface area contributed by atoms with Gasteiger partial charge in [-0.1, -0.05) is 19.3 Å². The van der Waals surface area contributed by atoms with Crippen molar-refractivity contribution in [2.24, 2.45) is 11.1 Å². The third-order valence-corrected chi connectivity index (χ3v) is 5.74. The molecule has 0 amide bonds. The molecule has 1 heterocycles. The quantitative estimate of drug-likeness (QED) is 0.848. The molecule has 0 radical (unpaired) electrons. The van der Waals surface area contributed by atoms with Gasteiger partial charge in [-0.15, -0.1) is 0 Å². The Balaban J connectivity index is 1.84. The molecule has 1 saturated carbocycles. The predicted molar refractivity (Wildman–Crippen MR) is 82.3 cm³/mol. The van der Waals surface area contributed by atoms with Crippen molar-refractivity contribution in [3.63, 3.8) is 0 Å². The second kappa shape index (κ2) is 6.55. The molecule has 2 rings (SSSR count). The van der Waals surface area contributed by atoms with Gasteiger partial charge in [0.15, 0.2) is 0 Å². The monoisotopic (exact) mass is 267 g/mol. The van der Waals surface area contributed by atoms with Gasteiger partial charge in [0.1, 0.15) is 0 Å². The summed E-state index contributed by atoms with van der Waals surface area (Å²) < 4.78 is 0. The maximum Gasteiger partial charge on any atom is 0.0195 e. The van der Waals surface area contributed by atoms with Crippen LogP contribution in [0.3, 0.4) is 0 Å². The Morgan fingerprint density at radius 2 is 1.63 bits per heavy atom. The van der Waals surface area contributed by atoms with Crippen LogP contribution in [-0.4, -0.2) is 55.1 Å². The summed E-state index contributed by atoms with van der Waals surface area (Å²) in [5.74, 6) is 0. The first-order valence-corrected chi connectivity index (χ1v) is 8.21. The number of nitrogens with zero attached hydrogens (tertiary/aromatic N) is 2. The number of hydrogen-bond acceptors (Lipinski definition) is 3. The first kappa shape index (κ1) is 15.3. The van der Waals surface area contributed by atoms with Crippen molar-refractivity contribution >= 4 is 0 Å². The van der Waals surface area contributed by atoms with E-state index in [0.29, 0.717) is 17.5 Å². The summed E-state index contributed by atoms with van der Waals surface area (Å²) in [6.07, 6.45) is 8.25. The fraction of sp³-hybridized carbons (Fsp3) is 1.00. The van der Waals surface area contributed by atoms with E-state index in [1.165, 1.54) is 58.2 Å². The summed E-state index contributed by atoms with van der Waals surface area (Å²) in [4.78, 5) is 5.18. The normalized spacial score (nSPS) is 33.5. The molecule has 1 aliphatic heterocycles. The third kappa shape index (κ3) is 3.71. The molecule has 0 aromatic rings. The maximum absolute atomic E-state index is 6.10. The van der Waals surface area contributed by atoms with Crippen LogP contribution in [0.4, 0.5) is 0 Å². The van der Waals surface area contributed by atoms with E-state index in [1.54, 1.807) is 0 Å². The van der Waals surface area contributed by atoms with Crippen molar-refractivity contribution < 1.29 is 0 Å². The summed E-state index contributed by atoms with van der Waals surface area (Å²) in [6, 6.07) is 1.37. The van der Waals surface area contributed by atoms with E-state index in [1.807, 2.05) is 0 Å². The minimum atomic E-state index is 0.466. The van der Waals surface area contributed by atoms with Crippen molar-refractivity contribution in [2.75, 3.05) is 33.2 Å². The van der Waals surface area contributed by atoms with E-state index < -0.39 is 0 Å². The molecule has 2 fully saturated rings. The molecule has 2 N–H and O–H groups in total. The molecular weight excluding hydrogens is 234 g/mol. The van der Waals surface area contributed by atoms with E-state index in [4.69, 9.17) is 5.73 Å². The zero-order valence-corrected chi connectivity index (χ0v) is 13.2. The smallest absolute Gasteiger partial charge is 0.0195 e. The Bertz CT molecular complexity index is 261. The van der Waals surface area contributed by atoms with Gasteiger partial charge < -0.3 is 10.6 Å². The second-order valence-corrected chi connectivity index (χ2v) is 7.14. The van der Waals surface area contributed by atoms with Crippen molar-refractivity contribution in [1.82, 2.24) is 9.80 Å². The average Bonchev–Trinajstić information content (AvgIpc) is 2.43. The Hall–Kier alpha value is -0.120. The molecule has 112 valence electrons. The molecule has 0 aromatic heterocycles. The number of nitrogens with two attached hydrogens (primary N) is 1. The molecule has 1 saturated heterocycles. The van der Waals surface area contributed by atoms with Crippen LogP contribution in [0.25, 0.3) is 0 Å². The van der Waals surface area contributed by atoms with Crippen LogP contribution >= 0.6 is 0 Å². The molecule has 3 heteroatoms. The Labute approximate surface area is 119 Å². The lowest BCUT2D eigenvalue weighted by molar-refractivity contribution is 0.0465. The Morgan fingerprint density at radius 3 is 2.16 bits per heavy atom. The highest BCUT2D eigenvalue weighted by Crippen LogP contribution is 2.38. The Morgan fingerprint density at radius 1 is 1.05 bits per heavy atom. The lowest BCUT2D eigenvalue weighted by Crippen LogP contribution is -2.55. The van der Waals surface area contributed by atoms with Crippen LogP contribution in [0.1, 0.15) is 52.4 Å². The highest BCUT2D eigenvalue weighted by atomic mass is 15.3. The standard InChI is InChI=1S/C16H33N3/c1-14-11-19(12-15(2)18(14)3)10-9-16(13-17)7-5-4-6-8-16/h14-15H,4-13,17H2,1-3H3. The molecule has 0 bridgehead atoms. The molecule has 2 unspecified atom stereocenters. The van der Waals surface area contributed by atoms with Crippen molar-refractivity contribution in [3.8, 4) is 0 Å². The zero-order chi connectivity index (χ0) is 13.9. The van der Waals surface area contributed by atoms with Gasteiger partial charge in [-0.25, -0.2) is 0 Å². The summed E-state index contributed by atoms with van der Waals surface area (Å²) in [6.45, 7) is 9.29. The van der Waals surface area contributed by atoms with Gasteiger partial charge in [0.2, 0.25) is 0 Å². The van der Waals surface area contributed by atoms with Gasteiger partial charge >= 0.3 is 0 Å². The molecule has 2 atom stereocenters. The molecule has 2 aliphatic rings. The van der Waals surface area contributed by atoms with Gasteiger partial charge in [-0.05, 0) is 58.7 Å². The summed E-state index contributed by atoms with van der Waals surface area (Å²) >= 11 is 0. The van der Waals surface area contributed by atoms with Crippen LogP contribution < -0.4 is 5.73 Å². The number of likely N-dealkylation sites (N-methyl/N-ethyl adjacent to an activating group) is 1. The summed E-state index contributed by atoms with van der Waals surface area (Å²) in [5.41, 5.74) is 6.57. The van der Waals surface area contributed by atoms with Gasteiger partial charge in [-0.2, -0.15) is 0 Å². The van der Waals surface area contributed by atoms with E-state index in [0.717, 1.165) is 6.54 Å². The topological polar surface area (TPSA) is 32.5 Å². The lowest BCUT2D eigenvalue weighted by Gasteiger charge is -2.44. The molecular formula is C16H33N3. The third-order valence-electron chi connectivity index (χ3n) is 5.74. The molecule has 19 heavy (non-hydrogen) atoms. The fourth-order valence-electron chi connectivity index (χ4n) is 3.95. The van der Waals surface area contributed by atoms with Crippen LogP contribution in [0.2, 0.25) is 0 Å². The first-order chi connectivity index (χ1) is 9.06. The minimum absolute atomic E-state index is 0.466. The number of piperazine rings is 1. The minimum Gasteiger partial charge on any atom is -0.330 e. The second-order valence-electron chi connectivity index (χ2n) is 7.14. The van der Waals surface area contributed by atoms with Crippen LogP contribution in [0, 0.1) is 5.41 Å². The summed E-state index contributed by atoms with van der Waals surface area (Å²) in [5, 5.41) is 0. The Kier molecular flexibility index (Phi) is 5.27. The highest BCUT2D eigenvalue weighted by Gasteiger charge is 2.32. The van der Waals surface area contributed by atoms with Gasteiger partial charge in [0.05, 0.1) is 0 Å². The SMILES string of the molecule is CC1CN(CCC2(CN)CCCCC2)CC(C)N1C. The van der Waals surface area contributed by atoms with Crippen molar-refractivity contribution in [3.05, 3.63) is 0 Å². The lowest BCUT2D eigenvalue weighted by atomic mass is 9.72.